The van der Waals surface area contributed by atoms with E-state index in [2.05, 4.69) is 0 Å². The molecule has 2 radical (unpaired) electrons. The Morgan fingerprint density at radius 1 is 1.00 bits per heavy atom. The minimum absolute atomic E-state index is 0. The van der Waals surface area contributed by atoms with Crippen molar-refractivity contribution in [3.05, 3.63) is 0 Å². The van der Waals surface area contributed by atoms with Crippen LogP contribution in [-0.2, 0) is 70.4 Å². The van der Waals surface area contributed by atoms with Crippen LogP contribution in [0.4, 0.5) is 0 Å². The van der Waals surface area contributed by atoms with Crippen LogP contribution in [0, 0.1) is 40.4 Å². The van der Waals surface area contributed by atoms with E-state index in [1.165, 1.54) is 0 Å². The molecule has 0 rings (SSSR count). The molecule has 0 N–H and O–H groups in total. The van der Waals surface area contributed by atoms with Crippen molar-refractivity contribution in [2.75, 3.05) is 0 Å². The molecule has 5 heavy (non-hydrogen) atoms. The van der Waals surface area contributed by atoms with Gasteiger partial charge in [-0.15, -0.1) is 0 Å². The van der Waals surface area contributed by atoms with Gasteiger partial charge in [0.25, 0.3) is 0 Å². The zero-order valence-electron chi connectivity index (χ0n) is 2.10. The van der Waals surface area contributed by atoms with Gasteiger partial charge < -0.3 is 0 Å². The van der Waals surface area contributed by atoms with Crippen LogP contribution in [0.15, 0.2) is 0 Å². The summed E-state index contributed by atoms with van der Waals surface area (Å²) < 4.78 is 0. The smallest absolute Gasteiger partial charge is 0 e. The zero-order chi connectivity index (χ0) is 0. The molecule has 0 unspecified atom stereocenters. The molecule has 0 heterocycles. The number of hydrogen-bond acceptors (Lipinski definition) is 0. The number of hydrogen-bond donors (Lipinski definition) is 0. The standard InChI is InChI=1S/Co.Cu.Fe.Sm.Zn. The topological polar surface area (TPSA) is 0 Å². The van der Waals surface area contributed by atoms with Crippen molar-refractivity contribution >= 4 is 0 Å². The van der Waals surface area contributed by atoms with Gasteiger partial charge in [-0.05, 0) is 0 Å². The van der Waals surface area contributed by atoms with Gasteiger partial charge in [-0.25, -0.2) is 0 Å². The Morgan fingerprint density at radius 3 is 1.00 bits per heavy atom. The summed E-state index contributed by atoms with van der Waals surface area (Å²) in [6, 6.07) is 0. The van der Waals surface area contributed by atoms with Crippen LogP contribution >= 0.6 is 0 Å². The van der Waals surface area contributed by atoms with E-state index in [0.29, 0.717) is 0 Å². The van der Waals surface area contributed by atoms with Crippen LogP contribution < -0.4 is 0 Å². The molecule has 0 aliphatic carbocycles. The van der Waals surface area contributed by atoms with Gasteiger partial charge in [0.1, 0.15) is 0 Å². The molecular formula is CoCuFeSmZn. The van der Waals surface area contributed by atoms with Gasteiger partial charge >= 0.3 is 0 Å². The molecule has 0 atom stereocenters. The molecule has 5 heteroatoms. The van der Waals surface area contributed by atoms with Crippen LogP contribution in [0.5, 0.6) is 0 Å². The van der Waals surface area contributed by atoms with E-state index in [0.717, 1.165) is 0 Å². The minimum Gasteiger partial charge on any atom is 0 e. The number of rotatable bonds is 0. The van der Waals surface area contributed by atoms with E-state index in [9.17, 15) is 0 Å². The van der Waals surface area contributed by atoms with Gasteiger partial charge in [0, 0.05) is 111 Å². The van der Waals surface area contributed by atoms with Crippen LogP contribution in [0.3, 0.4) is 0 Å². The Bertz CT molecular complexity index is 11.6. The Kier molecular flexibility index (Phi) is 202. The van der Waals surface area contributed by atoms with Gasteiger partial charge in [0.15, 0.2) is 0 Å². The first-order valence-electron chi connectivity index (χ1n) is 0. The molecule has 0 saturated carbocycles. The van der Waals surface area contributed by atoms with E-state index in [-0.39, 0.29) is 111 Å². The molecule has 36 valence electrons. The molecule has 0 aliphatic rings. The van der Waals surface area contributed by atoms with Crippen LogP contribution in [0.1, 0.15) is 0 Å². The predicted molar refractivity (Wildman–Crippen MR) is 0 cm³/mol. The monoisotopic (exact) mass is 394 g/mol. The Morgan fingerprint density at radius 2 is 1.00 bits per heavy atom. The first-order chi connectivity index (χ1) is 0. The second kappa shape index (κ2) is 25.8. The maximum Gasteiger partial charge on any atom is 0 e. The van der Waals surface area contributed by atoms with Gasteiger partial charge in [0.05, 0.1) is 0 Å². The second-order valence-electron chi connectivity index (χ2n) is 0. The van der Waals surface area contributed by atoms with Crippen molar-refractivity contribution in [3.63, 3.8) is 0 Å². The first-order valence-corrected chi connectivity index (χ1v) is 0. The predicted octanol–water partition coefficient (Wildman–Crippen LogP) is -0.0100. The fraction of sp³-hybridized carbons (Fsp3) is 0. The summed E-state index contributed by atoms with van der Waals surface area (Å²) in [5.41, 5.74) is 0. The van der Waals surface area contributed by atoms with Gasteiger partial charge in [0.2, 0.25) is 0 Å². The molecule has 0 fully saturated rings. The third kappa shape index (κ3) is 18.5. The molecule has 0 aromatic heterocycles. The van der Waals surface area contributed by atoms with Gasteiger partial charge in [-0.3, -0.25) is 0 Å². The quantitative estimate of drug-likeness (QED) is 0.508. The Balaban J connectivity index is 0. The molecule has 0 spiro atoms. The normalized spacial score (nSPS) is 0. The fourth-order valence-electron chi connectivity index (χ4n) is 0. The summed E-state index contributed by atoms with van der Waals surface area (Å²) in [5, 5.41) is 0. The molecule has 0 bridgehead atoms. The van der Waals surface area contributed by atoms with E-state index < -0.39 is 0 Å². The Hall–Kier alpha value is 3.51. The third-order valence-corrected chi connectivity index (χ3v) is 0. The summed E-state index contributed by atoms with van der Waals surface area (Å²) in [4.78, 5) is 0. The third-order valence-electron chi connectivity index (χ3n) is 0. The second-order valence-corrected chi connectivity index (χ2v) is 0. The summed E-state index contributed by atoms with van der Waals surface area (Å²) in [7, 11) is 0. The van der Waals surface area contributed by atoms with E-state index in [1.807, 2.05) is 0 Å². The van der Waals surface area contributed by atoms with Crippen molar-refractivity contribution in [2.24, 2.45) is 0 Å². The fourth-order valence-corrected chi connectivity index (χ4v) is 0. The summed E-state index contributed by atoms with van der Waals surface area (Å²) >= 11 is 0. The van der Waals surface area contributed by atoms with Crippen LogP contribution in [-0.4, -0.2) is 0 Å². The maximum atomic E-state index is 0. The Labute approximate surface area is 108 Å². The van der Waals surface area contributed by atoms with Crippen molar-refractivity contribution in [2.45, 2.75) is 0 Å². The molecule has 0 aromatic carbocycles. The van der Waals surface area contributed by atoms with Crippen molar-refractivity contribution in [3.8, 4) is 0 Å². The summed E-state index contributed by atoms with van der Waals surface area (Å²) in [6.07, 6.45) is 0. The molecule has 0 amide bonds. The average molecular weight is 394 g/mol. The van der Waals surface area contributed by atoms with Crippen molar-refractivity contribution in [1.82, 2.24) is 0 Å². The molecule has 0 nitrogen and oxygen atoms in total. The van der Waals surface area contributed by atoms with E-state index >= 15 is 0 Å². The molecule has 0 aromatic rings. The SMILES string of the molecule is [Co].[Cu].[Fe].[Sm].[Zn]. The van der Waals surface area contributed by atoms with Crippen LogP contribution in [0.25, 0.3) is 0 Å². The summed E-state index contributed by atoms with van der Waals surface area (Å²) in [6.45, 7) is 0. The van der Waals surface area contributed by atoms with Crippen molar-refractivity contribution in [1.29, 1.82) is 0 Å². The zero-order valence-corrected chi connectivity index (χ0v) is 10.8. The largest absolute Gasteiger partial charge is 0 e. The van der Waals surface area contributed by atoms with Crippen molar-refractivity contribution < 1.29 is 111 Å². The first kappa shape index (κ1) is 39.0. The molecule has 0 aliphatic heterocycles. The summed E-state index contributed by atoms with van der Waals surface area (Å²) in [5.74, 6) is 0. The maximum absolute atomic E-state index is 0. The molecular weight excluding hydrogens is 394 g/mol. The minimum atomic E-state index is 0. The average Bonchev–Trinajstić information content (AvgIpc) is 0. The van der Waals surface area contributed by atoms with Gasteiger partial charge in [-0.2, -0.15) is 0 Å². The van der Waals surface area contributed by atoms with Crippen LogP contribution in [0.2, 0.25) is 0 Å². The van der Waals surface area contributed by atoms with Gasteiger partial charge in [-0.1, -0.05) is 0 Å². The van der Waals surface area contributed by atoms with E-state index in [4.69, 9.17) is 0 Å². The molecule has 0 saturated heterocycles. The van der Waals surface area contributed by atoms with E-state index in [1.54, 1.807) is 0 Å².